The van der Waals surface area contributed by atoms with Gasteiger partial charge >= 0.3 is 0 Å². The summed E-state index contributed by atoms with van der Waals surface area (Å²) in [6, 6.07) is 13.2. The third-order valence-corrected chi connectivity index (χ3v) is 5.61. The molecule has 0 saturated heterocycles. The number of rotatable bonds is 4. The van der Waals surface area contributed by atoms with Gasteiger partial charge in [0.15, 0.2) is 0 Å². The molecule has 0 fully saturated rings. The van der Waals surface area contributed by atoms with Crippen LogP contribution < -0.4 is 0 Å². The third-order valence-electron chi connectivity index (χ3n) is 3.88. The Labute approximate surface area is 155 Å². The van der Waals surface area contributed by atoms with Crippen LogP contribution in [0, 0.1) is 6.92 Å². The summed E-state index contributed by atoms with van der Waals surface area (Å²) in [7, 11) is -9.17. The van der Waals surface area contributed by atoms with Crippen molar-refractivity contribution in [2.75, 3.05) is 0 Å². The topological polar surface area (TPSA) is 133 Å². The SMILES string of the molecule is Cc1ccccc1N=Nc1c(S(=O)(=O)O)ccc2ccc(S(=O)(=O)O)cc12. The minimum atomic E-state index is -4.65. The number of nitrogens with zero attached hydrogens (tertiary/aromatic N) is 2. The zero-order valence-corrected chi connectivity index (χ0v) is 15.6. The molecule has 140 valence electrons. The molecule has 3 aromatic carbocycles. The molecule has 0 heterocycles. The lowest BCUT2D eigenvalue weighted by atomic mass is 10.1. The Morgan fingerprint density at radius 3 is 2.11 bits per heavy atom. The third kappa shape index (κ3) is 4.03. The van der Waals surface area contributed by atoms with Gasteiger partial charge in [-0.05, 0) is 42.1 Å². The quantitative estimate of drug-likeness (QED) is 0.496. The van der Waals surface area contributed by atoms with Gasteiger partial charge in [0.05, 0.1) is 10.6 Å². The number of aryl methyl sites for hydroxylation is 1. The lowest BCUT2D eigenvalue weighted by Gasteiger charge is -2.08. The van der Waals surface area contributed by atoms with Crippen LogP contribution in [0.4, 0.5) is 11.4 Å². The van der Waals surface area contributed by atoms with Crippen molar-refractivity contribution < 1.29 is 25.9 Å². The van der Waals surface area contributed by atoms with Crippen molar-refractivity contribution in [2.45, 2.75) is 16.7 Å². The highest BCUT2D eigenvalue weighted by atomic mass is 32.2. The van der Waals surface area contributed by atoms with Gasteiger partial charge in [-0.15, -0.1) is 5.11 Å². The molecule has 27 heavy (non-hydrogen) atoms. The van der Waals surface area contributed by atoms with Gasteiger partial charge in [0.2, 0.25) is 0 Å². The van der Waals surface area contributed by atoms with Crippen LogP contribution in [0.5, 0.6) is 0 Å². The summed E-state index contributed by atoms with van der Waals surface area (Å²) < 4.78 is 65.1. The van der Waals surface area contributed by atoms with E-state index in [0.717, 1.165) is 17.7 Å². The fraction of sp³-hybridized carbons (Fsp3) is 0.0588. The van der Waals surface area contributed by atoms with Crippen LogP contribution in [0.15, 0.2) is 74.6 Å². The largest absolute Gasteiger partial charge is 0.296 e. The monoisotopic (exact) mass is 406 g/mol. The molecule has 8 nitrogen and oxygen atoms in total. The Bertz CT molecular complexity index is 1280. The first-order valence-corrected chi connectivity index (χ1v) is 10.4. The normalized spacial score (nSPS) is 12.7. The van der Waals surface area contributed by atoms with Crippen molar-refractivity contribution in [1.82, 2.24) is 0 Å². The highest BCUT2D eigenvalue weighted by Crippen LogP contribution is 2.36. The maximum atomic E-state index is 11.7. The van der Waals surface area contributed by atoms with Crippen LogP contribution in [0.1, 0.15) is 5.56 Å². The van der Waals surface area contributed by atoms with Crippen molar-refractivity contribution in [1.29, 1.82) is 0 Å². The second kappa shape index (κ2) is 6.82. The zero-order valence-electron chi connectivity index (χ0n) is 13.9. The van der Waals surface area contributed by atoms with Crippen LogP contribution in [-0.4, -0.2) is 25.9 Å². The van der Waals surface area contributed by atoms with Gasteiger partial charge in [-0.25, -0.2) is 0 Å². The van der Waals surface area contributed by atoms with Crippen LogP contribution in [-0.2, 0) is 20.2 Å². The summed E-state index contributed by atoms with van der Waals surface area (Å²) in [5.41, 5.74) is 1.03. The van der Waals surface area contributed by atoms with E-state index in [1.807, 2.05) is 0 Å². The zero-order chi connectivity index (χ0) is 19.8. The van der Waals surface area contributed by atoms with Crippen molar-refractivity contribution in [2.24, 2.45) is 10.2 Å². The second-order valence-corrected chi connectivity index (χ2v) is 8.54. The molecular formula is C17H14N2O6S2. The molecule has 0 aliphatic carbocycles. The smallest absolute Gasteiger partial charge is 0.282 e. The van der Waals surface area contributed by atoms with E-state index in [1.54, 1.807) is 31.2 Å². The Hall–Kier alpha value is -2.66. The fourth-order valence-corrected chi connectivity index (χ4v) is 3.66. The molecule has 10 heteroatoms. The standard InChI is InChI=1S/C17H14N2O6S2/c1-11-4-2-3-5-15(11)18-19-17-14-10-13(26(20,21)22)8-6-12(14)7-9-16(17)27(23,24)25/h2-10H,1H3,(H,20,21,22)(H,23,24,25). The van der Waals surface area contributed by atoms with Crippen LogP contribution >= 0.6 is 0 Å². The van der Waals surface area contributed by atoms with E-state index in [9.17, 15) is 25.9 Å². The van der Waals surface area contributed by atoms with Crippen molar-refractivity contribution >= 4 is 42.4 Å². The molecule has 3 aromatic rings. The summed E-state index contributed by atoms with van der Waals surface area (Å²) in [5, 5.41) is 8.54. The molecule has 0 unspecified atom stereocenters. The average Bonchev–Trinajstić information content (AvgIpc) is 2.58. The lowest BCUT2D eigenvalue weighted by molar-refractivity contribution is 0.481. The van der Waals surface area contributed by atoms with Crippen molar-refractivity contribution in [3.05, 3.63) is 60.2 Å². The molecule has 0 aliphatic heterocycles. The highest BCUT2D eigenvalue weighted by molar-refractivity contribution is 7.86. The molecule has 0 aliphatic rings. The molecule has 0 spiro atoms. The van der Waals surface area contributed by atoms with Crippen LogP contribution in [0.3, 0.4) is 0 Å². The fourth-order valence-electron chi connectivity index (χ4n) is 2.51. The van der Waals surface area contributed by atoms with Gasteiger partial charge in [0, 0.05) is 5.39 Å². The molecule has 3 rings (SSSR count). The first kappa shape index (κ1) is 19.1. The Balaban J connectivity index is 2.33. The second-order valence-electron chi connectivity index (χ2n) is 5.73. The van der Waals surface area contributed by atoms with Crippen molar-refractivity contribution in [3.8, 4) is 0 Å². The maximum Gasteiger partial charge on any atom is 0.296 e. The number of azo groups is 1. The molecule has 0 aromatic heterocycles. The average molecular weight is 406 g/mol. The van der Waals surface area contributed by atoms with Gasteiger partial charge in [-0.2, -0.15) is 21.9 Å². The predicted molar refractivity (Wildman–Crippen MR) is 98.9 cm³/mol. The Kier molecular flexibility index (Phi) is 4.82. The van der Waals surface area contributed by atoms with Crippen LogP contribution in [0.2, 0.25) is 0 Å². The summed E-state index contributed by atoms with van der Waals surface area (Å²) in [6.07, 6.45) is 0. The minimum absolute atomic E-state index is 0.0950. The summed E-state index contributed by atoms with van der Waals surface area (Å²) in [4.78, 5) is -0.963. The predicted octanol–water partition coefficient (Wildman–Crippen LogP) is 4.06. The summed E-state index contributed by atoms with van der Waals surface area (Å²) in [6.45, 7) is 1.79. The van der Waals surface area contributed by atoms with Crippen LogP contribution in [0.25, 0.3) is 10.8 Å². The minimum Gasteiger partial charge on any atom is -0.282 e. The first-order valence-electron chi connectivity index (χ1n) is 7.56. The summed E-state index contributed by atoms with van der Waals surface area (Å²) in [5.74, 6) is 0. The molecule has 0 saturated carbocycles. The Morgan fingerprint density at radius 2 is 1.48 bits per heavy atom. The molecule has 0 bridgehead atoms. The lowest BCUT2D eigenvalue weighted by Crippen LogP contribution is -2.00. The van der Waals surface area contributed by atoms with Gasteiger partial charge in [-0.1, -0.05) is 30.3 Å². The van der Waals surface area contributed by atoms with E-state index in [2.05, 4.69) is 10.2 Å². The van der Waals surface area contributed by atoms with Crippen molar-refractivity contribution in [3.63, 3.8) is 0 Å². The van der Waals surface area contributed by atoms with E-state index < -0.39 is 30.0 Å². The van der Waals surface area contributed by atoms with Gasteiger partial charge in [0.25, 0.3) is 20.2 Å². The molecular weight excluding hydrogens is 392 g/mol. The van der Waals surface area contributed by atoms with E-state index in [4.69, 9.17) is 0 Å². The van der Waals surface area contributed by atoms with E-state index in [-0.39, 0.29) is 11.1 Å². The Morgan fingerprint density at radius 1 is 0.815 bits per heavy atom. The maximum absolute atomic E-state index is 11.7. The van der Waals surface area contributed by atoms with E-state index in [0.29, 0.717) is 11.1 Å². The van der Waals surface area contributed by atoms with Gasteiger partial charge in [-0.3, -0.25) is 9.11 Å². The number of hydrogen-bond donors (Lipinski definition) is 2. The molecule has 0 radical (unpaired) electrons. The van der Waals surface area contributed by atoms with E-state index in [1.165, 1.54) is 18.2 Å². The molecule has 0 amide bonds. The first-order chi connectivity index (χ1) is 12.6. The summed E-state index contributed by atoms with van der Waals surface area (Å²) >= 11 is 0. The highest BCUT2D eigenvalue weighted by Gasteiger charge is 2.20. The number of benzene rings is 3. The van der Waals surface area contributed by atoms with Gasteiger partial charge in [0.1, 0.15) is 10.6 Å². The van der Waals surface area contributed by atoms with Gasteiger partial charge < -0.3 is 0 Å². The van der Waals surface area contributed by atoms with E-state index >= 15 is 0 Å². The molecule has 2 N–H and O–H groups in total. The number of hydrogen-bond acceptors (Lipinski definition) is 6. The number of fused-ring (bicyclic) bond motifs is 1. The molecule has 0 atom stereocenters.